The zero-order valence-corrected chi connectivity index (χ0v) is 11.0. The predicted octanol–water partition coefficient (Wildman–Crippen LogP) is -0.745. The molecule has 104 valence electrons. The largest absolute Gasteiger partial charge is 0.383 e. The van der Waals surface area contributed by atoms with E-state index >= 15 is 0 Å². The first-order chi connectivity index (χ1) is 8.74. The molecule has 0 spiro atoms. The van der Waals surface area contributed by atoms with Gasteiger partial charge in [0.05, 0.1) is 12.5 Å². The van der Waals surface area contributed by atoms with Gasteiger partial charge in [0.25, 0.3) is 0 Å². The van der Waals surface area contributed by atoms with E-state index in [4.69, 9.17) is 4.74 Å². The van der Waals surface area contributed by atoms with Crippen LogP contribution in [0.2, 0.25) is 0 Å². The number of nitrogens with one attached hydrogen (secondary N) is 3. The van der Waals surface area contributed by atoms with Crippen LogP contribution in [0.15, 0.2) is 0 Å². The van der Waals surface area contributed by atoms with Crippen molar-refractivity contribution in [2.24, 2.45) is 5.92 Å². The molecule has 0 aromatic heterocycles. The van der Waals surface area contributed by atoms with Gasteiger partial charge in [0.1, 0.15) is 0 Å². The van der Waals surface area contributed by atoms with Crippen LogP contribution in [0.5, 0.6) is 0 Å². The summed E-state index contributed by atoms with van der Waals surface area (Å²) in [5.74, 6) is 0.0383. The van der Waals surface area contributed by atoms with E-state index in [9.17, 15) is 9.59 Å². The van der Waals surface area contributed by atoms with Gasteiger partial charge < -0.3 is 20.7 Å². The molecule has 0 aliphatic carbocycles. The van der Waals surface area contributed by atoms with Crippen LogP contribution in [0.1, 0.15) is 19.3 Å². The molecule has 1 saturated heterocycles. The molecule has 18 heavy (non-hydrogen) atoms. The summed E-state index contributed by atoms with van der Waals surface area (Å²) in [6, 6.07) is 0. The van der Waals surface area contributed by atoms with Gasteiger partial charge in [-0.25, -0.2) is 0 Å². The molecular formula is C12H23N3O3. The highest BCUT2D eigenvalue weighted by Crippen LogP contribution is 2.09. The Kier molecular flexibility index (Phi) is 7.36. The number of methoxy groups -OCH3 is 1. The van der Waals surface area contributed by atoms with Crippen LogP contribution in [0, 0.1) is 5.92 Å². The molecule has 0 unspecified atom stereocenters. The molecule has 0 radical (unpaired) electrons. The van der Waals surface area contributed by atoms with Crippen molar-refractivity contribution in [1.82, 2.24) is 16.0 Å². The van der Waals surface area contributed by atoms with Gasteiger partial charge in [0.2, 0.25) is 11.8 Å². The summed E-state index contributed by atoms with van der Waals surface area (Å²) in [5.41, 5.74) is 0. The second kappa shape index (κ2) is 8.88. The third kappa shape index (κ3) is 5.97. The van der Waals surface area contributed by atoms with Crippen molar-refractivity contribution >= 4 is 11.8 Å². The summed E-state index contributed by atoms with van der Waals surface area (Å²) in [6.07, 6.45) is 2.28. The highest BCUT2D eigenvalue weighted by atomic mass is 16.5. The van der Waals surface area contributed by atoms with Gasteiger partial charge in [-0.3, -0.25) is 9.59 Å². The van der Waals surface area contributed by atoms with Gasteiger partial charge in [0.15, 0.2) is 0 Å². The third-order valence-corrected chi connectivity index (χ3v) is 2.95. The van der Waals surface area contributed by atoms with E-state index in [1.165, 1.54) is 0 Å². The number of ether oxygens (including phenoxy) is 1. The van der Waals surface area contributed by atoms with Crippen molar-refractivity contribution in [2.75, 3.05) is 39.9 Å². The van der Waals surface area contributed by atoms with Crippen molar-refractivity contribution in [3.8, 4) is 0 Å². The first-order valence-corrected chi connectivity index (χ1v) is 6.48. The molecule has 1 aliphatic heterocycles. The molecular weight excluding hydrogens is 234 g/mol. The molecule has 1 heterocycles. The van der Waals surface area contributed by atoms with Crippen LogP contribution in [0.4, 0.5) is 0 Å². The van der Waals surface area contributed by atoms with Gasteiger partial charge in [0, 0.05) is 33.2 Å². The number of piperidine rings is 1. The fraction of sp³-hybridized carbons (Fsp3) is 0.833. The summed E-state index contributed by atoms with van der Waals surface area (Å²) in [4.78, 5) is 23.1. The molecule has 6 heteroatoms. The Morgan fingerprint density at radius 3 is 2.83 bits per heavy atom. The monoisotopic (exact) mass is 257 g/mol. The molecule has 0 aromatic rings. The zero-order chi connectivity index (χ0) is 13.2. The Labute approximate surface area is 108 Å². The summed E-state index contributed by atoms with van der Waals surface area (Å²) in [7, 11) is 1.59. The summed E-state index contributed by atoms with van der Waals surface area (Å²) < 4.78 is 4.82. The number of carbonyl (C=O) groups excluding carboxylic acids is 2. The van der Waals surface area contributed by atoms with E-state index in [1.54, 1.807) is 7.11 Å². The zero-order valence-electron chi connectivity index (χ0n) is 11.0. The van der Waals surface area contributed by atoms with E-state index in [1.807, 2.05) is 0 Å². The molecule has 1 aliphatic rings. The normalized spacial score (nSPS) is 19.3. The molecule has 1 rings (SSSR count). The van der Waals surface area contributed by atoms with E-state index in [0.717, 1.165) is 25.9 Å². The average molecular weight is 257 g/mol. The molecule has 1 atom stereocenters. The van der Waals surface area contributed by atoms with E-state index < -0.39 is 0 Å². The first kappa shape index (κ1) is 14.9. The smallest absolute Gasteiger partial charge is 0.224 e. The van der Waals surface area contributed by atoms with Gasteiger partial charge in [-0.15, -0.1) is 0 Å². The Hall–Kier alpha value is -1.14. The second-order valence-corrected chi connectivity index (χ2v) is 4.43. The summed E-state index contributed by atoms with van der Waals surface area (Å²) >= 11 is 0. The van der Waals surface area contributed by atoms with Gasteiger partial charge in [-0.1, -0.05) is 0 Å². The quantitative estimate of drug-likeness (QED) is 0.525. The number of carbonyl (C=O) groups is 2. The maximum atomic E-state index is 11.7. The highest BCUT2D eigenvalue weighted by molar-refractivity contribution is 5.80. The lowest BCUT2D eigenvalue weighted by Crippen LogP contribution is -2.41. The van der Waals surface area contributed by atoms with Crippen molar-refractivity contribution in [1.29, 1.82) is 0 Å². The molecule has 0 bridgehead atoms. The number of hydrogen-bond donors (Lipinski definition) is 3. The molecule has 6 nitrogen and oxygen atoms in total. The Balaban J connectivity index is 2.05. The fourth-order valence-electron chi connectivity index (χ4n) is 1.90. The Bertz CT molecular complexity index is 265. The third-order valence-electron chi connectivity index (χ3n) is 2.95. The van der Waals surface area contributed by atoms with Crippen molar-refractivity contribution in [2.45, 2.75) is 19.3 Å². The maximum Gasteiger partial charge on any atom is 0.224 e. The second-order valence-electron chi connectivity index (χ2n) is 4.43. The Morgan fingerprint density at radius 1 is 1.33 bits per heavy atom. The summed E-state index contributed by atoms with van der Waals surface area (Å²) in [5, 5.41) is 8.71. The molecule has 0 aromatic carbocycles. The minimum absolute atomic E-state index is 0.0480. The molecule has 1 fully saturated rings. The van der Waals surface area contributed by atoms with Crippen molar-refractivity contribution in [3.05, 3.63) is 0 Å². The highest BCUT2D eigenvalue weighted by Gasteiger charge is 2.20. The maximum absolute atomic E-state index is 11.7. The lowest BCUT2D eigenvalue weighted by Gasteiger charge is -2.21. The topological polar surface area (TPSA) is 79.5 Å². The van der Waals surface area contributed by atoms with E-state index in [2.05, 4.69) is 16.0 Å². The number of hydrogen-bond acceptors (Lipinski definition) is 4. The van der Waals surface area contributed by atoms with Crippen molar-refractivity contribution in [3.63, 3.8) is 0 Å². The minimum atomic E-state index is -0.0610. The molecule has 3 N–H and O–H groups in total. The summed E-state index contributed by atoms with van der Waals surface area (Å²) in [6.45, 7) is 3.15. The fourth-order valence-corrected chi connectivity index (χ4v) is 1.90. The van der Waals surface area contributed by atoms with Crippen LogP contribution in [0.25, 0.3) is 0 Å². The lowest BCUT2D eigenvalue weighted by molar-refractivity contribution is -0.125. The van der Waals surface area contributed by atoms with Crippen LogP contribution in [-0.4, -0.2) is 51.7 Å². The minimum Gasteiger partial charge on any atom is -0.383 e. The van der Waals surface area contributed by atoms with Crippen LogP contribution in [0.3, 0.4) is 0 Å². The lowest BCUT2D eigenvalue weighted by atomic mass is 9.99. The van der Waals surface area contributed by atoms with Gasteiger partial charge >= 0.3 is 0 Å². The first-order valence-electron chi connectivity index (χ1n) is 6.48. The molecule has 0 saturated carbocycles. The SMILES string of the molecule is COCCNC(=O)CCNC(=O)[C@H]1CCCNC1. The van der Waals surface area contributed by atoms with Crippen LogP contribution >= 0.6 is 0 Å². The predicted molar refractivity (Wildman–Crippen MR) is 68.1 cm³/mol. The van der Waals surface area contributed by atoms with Gasteiger partial charge in [-0.2, -0.15) is 0 Å². The van der Waals surface area contributed by atoms with Crippen LogP contribution in [-0.2, 0) is 14.3 Å². The van der Waals surface area contributed by atoms with E-state index in [0.29, 0.717) is 26.1 Å². The van der Waals surface area contributed by atoms with Crippen LogP contribution < -0.4 is 16.0 Å². The van der Waals surface area contributed by atoms with Crippen molar-refractivity contribution < 1.29 is 14.3 Å². The number of amides is 2. The average Bonchev–Trinajstić information content (AvgIpc) is 2.40. The number of rotatable bonds is 7. The Morgan fingerprint density at radius 2 is 2.17 bits per heavy atom. The standard InChI is InChI=1S/C12H23N3O3/c1-18-8-7-14-11(16)4-6-15-12(17)10-3-2-5-13-9-10/h10,13H,2-9H2,1H3,(H,14,16)(H,15,17)/t10-/m0/s1. The van der Waals surface area contributed by atoms with Gasteiger partial charge in [-0.05, 0) is 19.4 Å². The molecule has 2 amide bonds. The van der Waals surface area contributed by atoms with E-state index in [-0.39, 0.29) is 17.7 Å².